The molecule has 106 valence electrons. The standard InChI is InChI=1S/C13H20N2O3S/c1-4-17-10-6-9(7-10)14-12-11(8(3)15-19-12)13(16)18-5-2/h9-10,14H,4-7H2,1-3H3. The van der Waals surface area contributed by atoms with Gasteiger partial charge in [-0.3, -0.25) is 0 Å². The van der Waals surface area contributed by atoms with Gasteiger partial charge < -0.3 is 14.8 Å². The van der Waals surface area contributed by atoms with E-state index in [0.717, 1.165) is 30.1 Å². The van der Waals surface area contributed by atoms with Gasteiger partial charge in [0.15, 0.2) is 0 Å². The third kappa shape index (κ3) is 3.25. The van der Waals surface area contributed by atoms with Gasteiger partial charge >= 0.3 is 5.97 Å². The molecule has 0 radical (unpaired) electrons. The predicted molar refractivity (Wildman–Crippen MR) is 74.9 cm³/mol. The SMILES string of the molecule is CCOC(=O)c1c(C)nsc1NC1CC(OCC)C1. The molecule has 19 heavy (non-hydrogen) atoms. The van der Waals surface area contributed by atoms with Crippen LogP contribution in [0.25, 0.3) is 0 Å². The number of hydrogen-bond donors (Lipinski definition) is 1. The van der Waals surface area contributed by atoms with Crippen molar-refractivity contribution in [3.05, 3.63) is 11.3 Å². The van der Waals surface area contributed by atoms with Crippen molar-refractivity contribution < 1.29 is 14.3 Å². The van der Waals surface area contributed by atoms with E-state index in [4.69, 9.17) is 9.47 Å². The molecule has 5 nitrogen and oxygen atoms in total. The zero-order valence-corrected chi connectivity index (χ0v) is 12.4. The van der Waals surface area contributed by atoms with Gasteiger partial charge in [0.1, 0.15) is 10.6 Å². The molecule has 1 fully saturated rings. The molecule has 1 aromatic rings. The smallest absolute Gasteiger partial charge is 0.343 e. The van der Waals surface area contributed by atoms with Gasteiger partial charge in [0.05, 0.1) is 18.4 Å². The fraction of sp³-hybridized carbons (Fsp3) is 0.692. The topological polar surface area (TPSA) is 60.5 Å². The Morgan fingerprint density at radius 1 is 1.42 bits per heavy atom. The fourth-order valence-corrected chi connectivity index (χ4v) is 3.01. The highest BCUT2D eigenvalue weighted by Gasteiger charge is 2.31. The number of aryl methyl sites for hydroxylation is 1. The third-order valence-electron chi connectivity index (χ3n) is 3.17. The minimum Gasteiger partial charge on any atom is -0.462 e. The first-order chi connectivity index (χ1) is 9.15. The van der Waals surface area contributed by atoms with Crippen LogP contribution in [-0.4, -0.2) is 35.7 Å². The van der Waals surface area contributed by atoms with Gasteiger partial charge in [-0.2, -0.15) is 4.37 Å². The molecular formula is C13H20N2O3S. The Balaban J connectivity index is 1.96. The number of nitrogens with one attached hydrogen (secondary N) is 1. The summed E-state index contributed by atoms with van der Waals surface area (Å²) in [5.74, 6) is -0.295. The van der Waals surface area contributed by atoms with Crippen molar-refractivity contribution in [1.82, 2.24) is 4.37 Å². The number of nitrogens with zero attached hydrogens (tertiary/aromatic N) is 1. The van der Waals surface area contributed by atoms with Crippen LogP contribution in [0.15, 0.2) is 0 Å². The van der Waals surface area contributed by atoms with E-state index >= 15 is 0 Å². The Hall–Kier alpha value is -1.14. The summed E-state index contributed by atoms with van der Waals surface area (Å²) >= 11 is 1.32. The minimum atomic E-state index is -0.295. The minimum absolute atomic E-state index is 0.295. The highest BCUT2D eigenvalue weighted by atomic mass is 32.1. The molecular weight excluding hydrogens is 264 g/mol. The molecule has 2 rings (SSSR count). The van der Waals surface area contributed by atoms with Gasteiger partial charge in [0, 0.05) is 12.6 Å². The lowest BCUT2D eigenvalue weighted by atomic mass is 9.89. The molecule has 1 aliphatic rings. The average molecular weight is 284 g/mol. The number of esters is 1. The number of anilines is 1. The zero-order valence-electron chi connectivity index (χ0n) is 11.6. The number of carbonyl (C=O) groups excluding carboxylic acids is 1. The molecule has 0 atom stereocenters. The average Bonchev–Trinajstić information content (AvgIpc) is 2.68. The Kier molecular flexibility index (Phi) is 4.76. The van der Waals surface area contributed by atoms with E-state index in [1.54, 1.807) is 6.92 Å². The first-order valence-corrected chi connectivity index (χ1v) is 7.44. The molecule has 1 N–H and O–H groups in total. The number of rotatable bonds is 6. The highest BCUT2D eigenvalue weighted by Crippen LogP contribution is 2.31. The quantitative estimate of drug-likeness (QED) is 0.814. The normalized spacial score (nSPS) is 21.8. The van der Waals surface area contributed by atoms with Crippen LogP contribution in [0, 0.1) is 6.92 Å². The van der Waals surface area contributed by atoms with Gasteiger partial charge in [-0.15, -0.1) is 0 Å². The van der Waals surface area contributed by atoms with E-state index < -0.39 is 0 Å². The van der Waals surface area contributed by atoms with Crippen LogP contribution in [0.5, 0.6) is 0 Å². The summed E-state index contributed by atoms with van der Waals surface area (Å²) in [7, 11) is 0. The third-order valence-corrected chi connectivity index (χ3v) is 4.04. The molecule has 1 aliphatic carbocycles. The second-order valence-electron chi connectivity index (χ2n) is 4.58. The van der Waals surface area contributed by atoms with Crippen molar-refractivity contribution in [2.45, 2.75) is 45.8 Å². The van der Waals surface area contributed by atoms with Crippen LogP contribution in [0.1, 0.15) is 42.7 Å². The lowest BCUT2D eigenvalue weighted by Crippen LogP contribution is -2.40. The molecule has 0 bridgehead atoms. The largest absolute Gasteiger partial charge is 0.462 e. The van der Waals surface area contributed by atoms with Crippen LogP contribution < -0.4 is 5.32 Å². The molecule has 1 saturated carbocycles. The number of hydrogen-bond acceptors (Lipinski definition) is 6. The van der Waals surface area contributed by atoms with Crippen LogP contribution >= 0.6 is 11.5 Å². The number of aromatic nitrogens is 1. The molecule has 0 amide bonds. The van der Waals surface area contributed by atoms with Crippen molar-refractivity contribution in [2.75, 3.05) is 18.5 Å². The Morgan fingerprint density at radius 3 is 2.79 bits per heavy atom. The lowest BCUT2D eigenvalue weighted by molar-refractivity contribution is 0.00304. The van der Waals surface area contributed by atoms with Crippen LogP contribution in [0.3, 0.4) is 0 Å². The van der Waals surface area contributed by atoms with Crippen molar-refractivity contribution in [3.8, 4) is 0 Å². The number of ether oxygens (including phenoxy) is 2. The highest BCUT2D eigenvalue weighted by molar-refractivity contribution is 7.10. The second-order valence-corrected chi connectivity index (χ2v) is 5.36. The first-order valence-electron chi connectivity index (χ1n) is 6.67. The van der Waals surface area contributed by atoms with E-state index in [1.807, 2.05) is 13.8 Å². The molecule has 1 heterocycles. The molecule has 1 aromatic heterocycles. The maximum atomic E-state index is 11.9. The summed E-state index contributed by atoms with van der Waals surface area (Å²) in [6.45, 7) is 6.77. The summed E-state index contributed by atoms with van der Waals surface area (Å²) in [6, 6.07) is 0.365. The van der Waals surface area contributed by atoms with Crippen molar-refractivity contribution in [2.24, 2.45) is 0 Å². The molecule has 6 heteroatoms. The maximum Gasteiger partial charge on any atom is 0.343 e. The van der Waals surface area contributed by atoms with Crippen LogP contribution in [0.2, 0.25) is 0 Å². The van der Waals surface area contributed by atoms with E-state index in [1.165, 1.54) is 11.5 Å². The van der Waals surface area contributed by atoms with Gasteiger partial charge in [0.2, 0.25) is 0 Å². The molecule has 0 unspecified atom stereocenters. The molecule has 0 aromatic carbocycles. The van der Waals surface area contributed by atoms with Gasteiger partial charge in [0.25, 0.3) is 0 Å². The van der Waals surface area contributed by atoms with E-state index in [0.29, 0.717) is 24.3 Å². The molecule has 0 spiro atoms. The van der Waals surface area contributed by atoms with Crippen molar-refractivity contribution in [3.63, 3.8) is 0 Å². The molecule has 0 aliphatic heterocycles. The lowest BCUT2D eigenvalue weighted by Gasteiger charge is -2.35. The van der Waals surface area contributed by atoms with Crippen LogP contribution in [0.4, 0.5) is 5.00 Å². The Morgan fingerprint density at radius 2 is 2.16 bits per heavy atom. The maximum absolute atomic E-state index is 11.9. The predicted octanol–water partition coefficient (Wildman–Crippen LogP) is 2.61. The summed E-state index contributed by atoms with van der Waals surface area (Å²) in [4.78, 5) is 11.9. The van der Waals surface area contributed by atoms with Crippen molar-refractivity contribution >= 4 is 22.5 Å². The molecule has 0 saturated heterocycles. The van der Waals surface area contributed by atoms with Gasteiger partial charge in [-0.25, -0.2) is 4.79 Å². The van der Waals surface area contributed by atoms with E-state index in [-0.39, 0.29) is 5.97 Å². The summed E-state index contributed by atoms with van der Waals surface area (Å²) < 4.78 is 14.8. The Bertz CT molecular complexity index is 441. The van der Waals surface area contributed by atoms with Gasteiger partial charge in [-0.05, 0) is 45.1 Å². The van der Waals surface area contributed by atoms with E-state index in [9.17, 15) is 4.79 Å². The summed E-state index contributed by atoms with van der Waals surface area (Å²) in [6.07, 6.45) is 2.31. The van der Waals surface area contributed by atoms with Crippen LogP contribution in [-0.2, 0) is 9.47 Å². The summed E-state index contributed by atoms with van der Waals surface area (Å²) in [5, 5.41) is 4.19. The van der Waals surface area contributed by atoms with Crippen molar-refractivity contribution in [1.29, 1.82) is 0 Å². The summed E-state index contributed by atoms with van der Waals surface area (Å²) in [5.41, 5.74) is 1.30. The van der Waals surface area contributed by atoms with E-state index in [2.05, 4.69) is 9.69 Å². The first kappa shape index (κ1) is 14.3. The zero-order chi connectivity index (χ0) is 13.8. The monoisotopic (exact) mass is 284 g/mol. The van der Waals surface area contributed by atoms with Gasteiger partial charge in [-0.1, -0.05) is 0 Å². The Labute approximate surface area is 117 Å². The number of carbonyl (C=O) groups is 1. The second kappa shape index (κ2) is 6.34. The fourth-order valence-electron chi connectivity index (χ4n) is 2.15.